The average Bonchev–Trinajstić information content (AvgIpc) is 2.09. The van der Waals surface area contributed by atoms with Gasteiger partial charge in [-0.2, -0.15) is 0 Å². The van der Waals surface area contributed by atoms with E-state index >= 15 is 0 Å². The van der Waals surface area contributed by atoms with Gasteiger partial charge < -0.3 is 4.90 Å². The summed E-state index contributed by atoms with van der Waals surface area (Å²) in [5.41, 5.74) is 2.85. The van der Waals surface area contributed by atoms with Gasteiger partial charge in [0.15, 0.2) is 0 Å². The first-order valence-corrected chi connectivity index (χ1v) is 4.48. The highest BCUT2D eigenvalue weighted by atomic mass is 16.6. The molecule has 1 aliphatic rings. The fourth-order valence-electron chi connectivity index (χ4n) is 1.05. The van der Waals surface area contributed by atoms with Gasteiger partial charge in [-0.15, -0.1) is 0 Å². The molecule has 0 aromatic heterocycles. The Bertz CT molecular complexity index is 158. The number of hydrogen-bond donors (Lipinski definition) is 1. The Kier molecular flexibility index (Phi) is 3.87. The Hall–Kier alpha value is -0.770. The van der Waals surface area contributed by atoms with E-state index in [1.54, 1.807) is 0 Å². The lowest BCUT2D eigenvalue weighted by molar-refractivity contribution is 0.0759. The van der Waals surface area contributed by atoms with Crippen LogP contribution >= 0.6 is 0 Å². The lowest BCUT2D eigenvalue weighted by atomic mass is 10.4. The van der Waals surface area contributed by atoms with E-state index in [1.165, 1.54) is 0 Å². The molecule has 4 heteroatoms. The molecule has 0 saturated heterocycles. The van der Waals surface area contributed by atoms with Crippen LogP contribution in [0.4, 0.5) is 0 Å². The van der Waals surface area contributed by atoms with E-state index < -0.39 is 0 Å². The molecule has 1 heterocycles. The molecule has 1 rings (SSSR count). The summed E-state index contributed by atoms with van der Waals surface area (Å²) < 4.78 is 0. The van der Waals surface area contributed by atoms with E-state index in [-0.39, 0.29) is 0 Å². The summed E-state index contributed by atoms with van der Waals surface area (Å²) in [4.78, 5) is 11.5. The Labute approximate surface area is 73.6 Å². The summed E-state index contributed by atoms with van der Waals surface area (Å²) in [6.07, 6.45) is 2.15. The first-order valence-electron chi connectivity index (χ1n) is 4.48. The van der Waals surface area contributed by atoms with Gasteiger partial charge in [-0.05, 0) is 12.8 Å². The molecule has 0 atom stereocenters. The standard InChI is InChI=1S/C8H17N3O/c1-3-7-12-10-8-9-5-4-6-11(8)2/h3-7H2,1-2H3,(H,9,10). The van der Waals surface area contributed by atoms with Gasteiger partial charge in [-0.3, -0.25) is 9.83 Å². The minimum absolute atomic E-state index is 0.729. The molecule has 0 spiro atoms. The molecule has 0 aliphatic carbocycles. The molecular formula is C8H17N3O. The zero-order valence-corrected chi connectivity index (χ0v) is 7.84. The number of rotatable bonds is 3. The van der Waals surface area contributed by atoms with E-state index in [2.05, 4.69) is 22.3 Å². The number of hydrogen-bond acceptors (Lipinski definition) is 4. The Morgan fingerprint density at radius 2 is 2.50 bits per heavy atom. The van der Waals surface area contributed by atoms with Crippen molar-refractivity contribution in [2.24, 2.45) is 4.99 Å². The normalized spacial score (nSPS) is 17.5. The minimum atomic E-state index is 0.729. The van der Waals surface area contributed by atoms with E-state index in [1.807, 2.05) is 7.05 Å². The molecule has 1 aliphatic heterocycles. The zero-order chi connectivity index (χ0) is 8.81. The summed E-state index contributed by atoms with van der Waals surface area (Å²) >= 11 is 0. The van der Waals surface area contributed by atoms with Crippen molar-refractivity contribution in [2.45, 2.75) is 19.8 Å². The highest BCUT2D eigenvalue weighted by Gasteiger charge is 2.09. The van der Waals surface area contributed by atoms with Crippen LogP contribution < -0.4 is 5.48 Å². The van der Waals surface area contributed by atoms with Crippen LogP contribution in [0.3, 0.4) is 0 Å². The summed E-state index contributed by atoms with van der Waals surface area (Å²) in [5.74, 6) is 0.856. The van der Waals surface area contributed by atoms with Gasteiger partial charge in [0, 0.05) is 20.1 Å². The fraction of sp³-hybridized carbons (Fsp3) is 0.875. The first-order chi connectivity index (χ1) is 5.84. The van der Waals surface area contributed by atoms with Crippen LogP contribution in [0, 0.1) is 0 Å². The average molecular weight is 171 g/mol. The maximum absolute atomic E-state index is 5.17. The maximum atomic E-state index is 5.17. The van der Waals surface area contributed by atoms with Gasteiger partial charge in [-0.25, -0.2) is 5.48 Å². The van der Waals surface area contributed by atoms with Crippen molar-refractivity contribution in [1.82, 2.24) is 10.4 Å². The molecule has 0 aromatic rings. The van der Waals surface area contributed by atoms with Gasteiger partial charge in [0.2, 0.25) is 5.96 Å². The minimum Gasteiger partial charge on any atom is -0.344 e. The van der Waals surface area contributed by atoms with Crippen molar-refractivity contribution < 1.29 is 4.84 Å². The molecule has 0 bridgehead atoms. The van der Waals surface area contributed by atoms with Crippen molar-refractivity contribution in [1.29, 1.82) is 0 Å². The Balaban J connectivity index is 2.24. The van der Waals surface area contributed by atoms with Gasteiger partial charge in [0.25, 0.3) is 0 Å². The van der Waals surface area contributed by atoms with Crippen LogP contribution in [0.1, 0.15) is 19.8 Å². The van der Waals surface area contributed by atoms with E-state index in [4.69, 9.17) is 4.84 Å². The molecule has 0 aromatic carbocycles. The summed E-state index contributed by atoms with van der Waals surface area (Å²) in [6.45, 7) is 4.77. The second-order valence-electron chi connectivity index (χ2n) is 2.93. The van der Waals surface area contributed by atoms with Crippen LogP contribution in [-0.2, 0) is 4.84 Å². The molecule has 1 N–H and O–H groups in total. The molecule has 0 unspecified atom stereocenters. The van der Waals surface area contributed by atoms with Crippen molar-refractivity contribution >= 4 is 5.96 Å². The highest BCUT2D eigenvalue weighted by Crippen LogP contribution is 1.97. The van der Waals surface area contributed by atoms with Crippen molar-refractivity contribution in [3.8, 4) is 0 Å². The number of nitrogens with zero attached hydrogens (tertiary/aromatic N) is 2. The zero-order valence-electron chi connectivity index (χ0n) is 7.84. The summed E-state index contributed by atoms with van der Waals surface area (Å²) in [5, 5.41) is 0. The Morgan fingerprint density at radius 1 is 1.67 bits per heavy atom. The van der Waals surface area contributed by atoms with Crippen LogP contribution in [-0.4, -0.2) is 37.6 Å². The number of guanidine groups is 1. The number of hydroxylamine groups is 1. The molecule has 0 saturated carbocycles. The molecule has 0 amide bonds. The quantitative estimate of drug-likeness (QED) is 0.499. The molecule has 12 heavy (non-hydrogen) atoms. The highest BCUT2D eigenvalue weighted by molar-refractivity contribution is 5.79. The van der Waals surface area contributed by atoms with Crippen molar-refractivity contribution in [3.63, 3.8) is 0 Å². The SMILES string of the molecule is CCCONC1=NCCCN1C. The molecule has 70 valence electrons. The monoisotopic (exact) mass is 171 g/mol. The smallest absolute Gasteiger partial charge is 0.218 e. The van der Waals surface area contributed by atoms with Gasteiger partial charge in [-0.1, -0.05) is 6.92 Å². The lowest BCUT2D eigenvalue weighted by Gasteiger charge is -2.24. The fourth-order valence-corrected chi connectivity index (χ4v) is 1.05. The maximum Gasteiger partial charge on any atom is 0.218 e. The van der Waals surface area contributed by atoms with Crippen molar-refractivity contribution in [3.05, 3.63) is 0 Å². The topological polar surface area (TPSA) is 36.9 Å². The van der Waals surface area contributed by atoms with Crippen LogP contribution in [0.15, 0.2) is 4.99 Å². The van der Waals surface area contributed by atoms with Crippen LogP contribution in [0.2, 0.25) is 0 Å². The Morgan fingerprint density at radius 3 is 3.17 bits per heavy atom. The molecule has 0 radical (unpaired) electrons. The number of nitrogens with one attached hydrogen (secondary N) is 1. The summed E-state index contributed by atoms with van der Waals surface area (Å²) in [6, 6.07) is 0. The third-order valence-electron chi connectivity index (χ3n) is 1.74. The van der Waals surface area contributed by atoms with E-state index in [0.29, 0.717) is 0 Å². The second kappa shape index (κ2) is 4.98. The molecule has 4 nitrogen and oxygen atoms in total. The van der Waals surface area contributed by atoms with E-state index in [0.717, 1.165) is 38.5 Å². The van der Waals surface area contributed by atoms with Crippen LogP contribution in [0.25, 0.3) is 0 Å². The third kappa shape index (κ3) is 2.70. The second-order valence-corrected chi connectivity index (χ2v) is 2.93. The van der Waals surface area contributed by atoms with Crippen LogP contribution in [0.5, 0.6) is 0 Å². The van der Waals surface area contributed by atoms with Crippen molar-refractivity contribution in [2.75, 3.05) is 26.7 Å². The summed E-state index contributed by atoms with van der Waals surface area (Å²) in [7, 11) is 2.01. The number of aliphatic imine (C=N–C) groups is 1. The van der Waals surface area contributed by atoms with Gasteiger partial charge in [0.05, 0.1) is 6.61 Å². The predicted octanol–water partition coefficient (Wildman–Crippen LogP) is 0.609. The third-order valence-corrected chi connectivity index (χ3v) is 1.74. The van der Waals surface area contributed by atoms with Gasteiger partial charge >= 0.3 is 0 Å². The largest absolute Gasteiger partial charge is 0.344 e. The molecular weight excluding hydrogens is 154 g/mol. The predicted molar refractivity (Wildman–Crippen MR) is 48.9 cm³/mol. The first kappa shape index (κ1) is 9.32. The van der Waals surface area contributed by atoms with Gasteiger partial charge in [0.1, 0.15) is 0 Å². The lowest BCUT2D eigenvalue weighted by Crippen LogP contribution is -2.42. The van der Waals surface area contributed by atoms with E-state index in [9.17, 15) is 0 Å². The molecule has 0 fully saturated rings.